The van der Waals surface area contributed by atoms with Crippen molar-refractivity contribution in [2.75, 3.05) is 6.54 Å². The Labute approximate surface area is 257 Å². The number of aromatic hydroxyl groups is 2. The van der Waals surface area contributed by atoms with Crippen LogP contribution in [0.1, 0.15) is 96.9 Å². The molecule has 3 atom stereocenters. The van der Waals surface area contributed by atoms with E-state index in [9.17, 15) is 24.6 Å². The van der Waals surface area contributed by atoms with Crippen LogP contribution in [-0.4, -0.2) is 57.3 Å². The van der Waals surface area contributed by atoms with Gasteiger partial charge in [-0.05, 0) is 101 Å². The highest BCUT2D eigenvalue weighted by Gasteiger charge is 2.39. The van der Waals surface area contributed by atoms with Gasteiger partial charge in [-0.15, -0.1) is 0 Å². The number of nitrogens with zero attached hydrogens (tertiary/aromatic N) is 1. The van der Waals surface area contributed by atoms with Gasteiger partial charge >= 0.3 is 6.09 Å². The average Bonchev–Trinajstić information content (AvgIpc) is 2.91. The largest absolute Gasteiger partial charge is 0.508 e. The van der Waals surface area contributed by atoms with Gasteiger partial charge in [-0.1, -0.05) is 45.4 Å². The molecule has 0 aromatic heterocycles. The molecule has 0 spiro atoms. The summed E-state index contributed by atoms with van der Waals surface area (Å²) in [5, 5.41) is 25.8. The summed E-state index contributed by atoms with van der Waals surface area (Å²) < 4.78 is 5.51. The molecule has 3 amide bonds. The van der Waals surface area contributed by atoms with Crippen LogP contribution < -0.4 is 10.6 Å². The number of amides is 3. The maximum atomic E-state index is 14.7. The summed E-state index contributed by atoms with van der Waals surface area (Å²) in [4.78, 5) is 43.2. The van der Waals surface area contributed by atoms with Crippen molar-refractivity contribution >= 4 is 17.9 Å². The minimum atomic E-state index is -1.06. The van der Waals surface area contributed by atoms with Crippen LogP contribution in [0.3, 0.4) is 0 Å². The van der Waals surface area contributed by atoms with E-state index in [-0.39, 0.29) is 29.9 Å². The molecule has 0 saturated carbocycles. The number of aryl methyl sites for hydroxylation is 1. The fourth-order valence-electron chi connectivity index (χ4n) is 4.78. The van der Waals surface area contributed by atoms with Crippen molar-refractivity contribution in [3.63, 3.8) is 0 Å². The number of phenolic OH excluding ortho intramolecular Hbond substituents is 2. The molecule has 0 radical (unpaired) electrons. The molecular weight excluding hydrogens is 546 g/mol. The molecule has 0 aliphatic heterocycles. The lowest BCUT2D eigenvalue weighted by Gasteiger charge is -2.39. The van der Waals surface area contributed by atoms with Gasteiger partial charge in [-0.2, -0.15) is 0 Å². The molecule has 0 aliphatic rings. The van der Waals surface area contributed by atoms with Gasteiger partial charge in [0.05, 0.1) is 0 Å². The van der Waals surface area contributed by atoms with Gasteiger partial charge in [0.2, 0.25) is 11.8 Å². The molecule has 2 aromatic carbocycles. The van der Waals surface area contributed by atoms with Crippen molar-refractivity contribution in [3.05, 3.63) is 59.2 Å². The Morgan fingerprint density at radius 2 is 1.63 bits per heavy atom. The summed E-state index contributed by atoms with van der Waals surface area (Å²) in [7, 11) is 0. The summed E-state index contributed by atoms with van der Waals surface area (Å²) >= 11 is 0. The van der Waals surface area contributed by atoms with Crippen molar-refractivity contribution in [2.45, 2.75) is 111 Å². The minimum absolute atomic E-state index is 0.0853. The number of phenols is 2. The normalized spacial score (nSPS) is 13.6. The molecule has 2 rings (SSSR count). The number of carbonyl (C=O) groups excluding carboxylic acids is 3. The number of alkyl carbamates (subject to hydrolysis) is 1. The number of benzene rings is 2. The summed E-state index contributed by atoms with van der Waals surface area (Å²) in [5.74, 6) is -0.209. The summed E-state index contributed by atoms with van der Waals surface area (Å²) in [6.45, 7) is 15.6. The SMILES string of the molecule is CCCCNC(=O)C(c1ccc(O)c(C)c1)N(C(=O)C(Cc1ccc(O)cc1)NC(=O)OC(C)(C)C)C(C)CCC(C)C. The molecule has 0 heterocycles. The summed E-state index contributed by atoms with van der Waals surface area (Å²) in [5.41, 5.74) is 1.07. The van der Waals surface area contributed by atoms with Crippen LogP contribution in [0, 0.1) is 12.8 Å². The maximum Gasteiger partial charge on any atom is 0.408 e. The first kappa shape index (κ1) is 35.4. The molecular formula is C34H51N3O6. The highest BCUT2D eigenvalue weighted by atomic mass is 16.6. The van der Waals surface area contributed by atoms with Crippen LogP contribution >= 0.6 is 0 Å². The molecule has 0 saturated heterocycles. The fourth-order valence-corrected chi connectivity index (χ4v) is 4.78. The first-order chi connectivity index (χ1) is 20.1. The van der Waals surface area contributed by atoms with E-state index >= 15 is 0 Å². The predicted octanol–water partition coefficient (Wildman–Crippen LogP) is 6.15. The number of nitrogens with one attached hydrogen (secondary N) is 2. The van der Waals surface area contributed by atoms with E-state index in [0.717, 1.165) is 19.3 Å². The first-order valence-corrected chi connectivity index (χ1v) is 15.3. The van der Waals surface area contributed by atoms with Crippen LogP contribution in [0.4, 0.5) is 4.79 Å². The zero-order valence-corrected chi connectivity index (χ0v) is 27.1. The van der Waals surface area contributed by atoms with Crippen LogP contribution in [0.2, 0.25) is 0 Å². The topological polar surface area (TPSA) is 128 Å². The molecule has 9 nitrogen and oxygen atoms in total. The van der Waals surface area contributed by atoms with Crippen LogP contribution in [-0.2, 0) is 20.7 Å². The van der Waals surface area contributed by atoms with Crippen LogP contribution in [0.15, 0.2) is 42.5 Å². The quantitative estimate of drug-likeness (QED) is 0.193. The molecule has 2 aromatic rings. The molecule has 4 N–H and O–H groups in total. The summed E-state index contributed by atoms with van der Waals surface area (Å²) in [6, 6.07) is 8.92. The lowest BCUT2D eigenvalue weighted by Crippen LogP contribution is -2.56. The van der Waals surface area contributed by atoms with E-state index in [4.69, 9.17) is 4.74 Å². The summed E-state index contributed by atoms with van der Waals surface area (Å²) in [6.07, 6.45) is 2.51. The van der Waals surface area contributed by atoms with Gasteiger partial charge in [0.25, 0.3) is 0 Å². The highest BCUT2D eigenvalue weighted by molar-refractivity contribution is 5.92. The highest BCUT2D eigenvalue weighted by Crippen LogP contribution is 2.30. The van der Waals surface area contributed by atoms with Gasteiger partial charge in [-0.3, -0.25) is 9.59 Å². The minimum Gasteiger partial charge on any atom is -0.508 e. The van der Waals surface area contributed by atoms with E-state index in [0.29, 0.717) is 35.6 Å². The zero-order valence-electron chi connectivity index (χ0n) is 27.1. The number of ether oxygens (including phenoxy) is 1. The van der Waals surface area contributed by atoms with E-state index < -0.39 is 29.7 Å². The fraction of sp³-hybridized carbons (Fsp3) is 0.559. The second-order valence-electron chi connectivity index (χ2n) is 12.7. The monoisotopic (exact) mass is 597 g/mol. The second kappa shape index (κ2) is 16.2. The molecule has 0 bridgehead atoms. The van der Waals surface area contributed by atoms with Gasteiger partial charge < -0.3 is 30.5 Å². The second-order valence-corrected chi connectivity index (χ2v) is 12.7. The first-order valence-electron chi connectivity index (χ1n) is 15.3. The molecule has 238 valence electrons. The van der Waals surface area contributed by atoms with Gasteiger partial charge in [-0.25, -0.2) is 4.79 Å². The Kier molecular flexibility index (Phi) is 13.3. The standard InChI is InChI=1S/C34H51N3O6/c1-9-10-19-35-31(40)30(26-15-18-29(39)23(4)20-26)37(24(5)12-11-22(2)3)32(41)28(36-33(42)43-34(6,7)8)21-25-13-16-27(38)17-14-25/h13-18,20,22,24,28,30,38-39H,9-12,19,21H2,1-8H3,(H,35,40)(H,36,42). The molecule has 0 aliphatic carbocycles. The number of rotatable bonds is 14. The number of hydrogen-bond acceptors (Lipinski definition) is 6. The molecule has 9 heteroatoms. The van der Waals surface area contributed by atoms with Crippen LogP contribution in [0.25, 0.3) is 0 Å². The van der Waals surface area contributed by atoms with Crippen molar-refractivity contribution < 1.29 is 29.3 Å². The van der Waals surface area contributed by atoms with Crippen molar-refractivity contribution in [1.29, 1.82) is 0 Å². The lowest BCUT2D eigenvalue weighted by molar-refractivity contribution is -0.145. The molecule has 0 fully saturated rings. The Morgan fingerprint density at radius 1 is 0.977 bits per heavy atom. The number of carbonyl (C=O) groups is 3. The third-order valence-corrected chi connectivity index (χ3v) is 7.15. The Bertz CT molecular complexity index is 1210. The van der Waals surface area contributed by atoms with Crippen molar-refractivity contribution in [1.82, 2.24) is 15.5 Å². The van der Waals surface area contributed by atoms with Gasteiger partial charge in [0.1, 0.15) is 29.2 Å². The van der Waals surface area contributed by atoms with E-state index in [1.807, 2.05) is 13.8 Å². The van der Waals surface area contributed by atoms with Crippen molar-refractivity contribution in [2.24, 2.45) is 5.92 Å². The van der Waals surface area contributed by atoms with Crippen molar-refractivity contribution in [3.8, 4) is 11.5 Å². The Morgan fingerprint density at radius 3 is 2.19 bits per heavy atom. The molecule has 43 heavy (non-hydrogen) atoms. The maximum absolute atomic E-state index is 14.7. The van der Waals surface area contributed by atoms with E-state index in [2.05, 4.69) is 24.5 Å². The number of hydrogen-bond donors (Lipinski definition) is 4. The lowest BCUT2D eigenvalue weighted by atomic mass is 9.95. The zero-order chi connectivity index (χ0) is 32.3. The predicted molar refractivity (Wildman–Crippen MR) is 169 cm³/mol. The number of unbranched alkanes of at least 4 members (excludes halogenated alkanes) is 1. The van der Waals surface area contributed by atoms with Gasteiger partial charge in [0, 0.05) is 19.0 Å². The average molecular weight is 598 g/mol. The third-order valence-electron chi connectivity index (χ3n) is 7.15. The van der Waals surface area contributed by atoms with Crippen LogP contribution in [0.5, 0.6) is 11.5 Å². The van der Waals surface area contributed by atoms with Gasteiger partial charge in [0.15, 0.2) is 0 Å². The van der Waals surface area contributed by atoms with E-state index in [1.54, 1.807) is 56.9 Å². The smallest absolute Gasteiger partial charge is 0.408 e. The third kappa shape index (κ3) is 11.5. The Balaban J connectivity index is 2.66. The van der Waals surface area contributed by atoms with E-state index in [1.165, 1.54) is 18.2 Å². The molecule has 3 unspecified atom stereocenters. The Hall–Kier alpha value is -3.75.